The third kappa shape index (κ3) is 4.66. The van der Waals surface area contributed by atoms with Crippen molar-refractivity contribution in [3.8, 4) is 0 Å². The zero-order valence-corrected chi connectivity index (χ0v) is 14.1. The van der Waals surface area contributed by atoms with Gasteiger partial charge < -0.3 is 9.63 Å². The number of carbonyl (C=O) groups is 1. The number of nitrogens with zero attached hydrogens (tertiary/aromatic N) is 1. The number of aryl methyl sites for hydroxylation is 2. The van der Waals surface area contributed by atoms with Gasteiger partial charge in [-0.1, -0.05) is 24.2 Å². The van der Waals surface area contributed by atoms with E-state index in [0.29, 0.717) is 17.9 Å². The molecular weight excluding hydrogens is 292 g/mol. The third-order valence-electron chi connectivity index (χ3n) is 3.81. The van der Waals surface area contributed by atoms with Crippen LogP contribution in [0, 0.1) is 6.92 Å². The number of aromatic nitrogens is 1. The summed E-state index contributed by atoms with van der Waals surface area (Å²) in [5, 5.41) is 16.4. The van der Waals surface area contributed by atoms with Crippen LogP contribution in [-0.4, -0.2) is 21.8 Å². The van der Waals surface area contributed by atoms with Gasteiger partial charge in [-0.05, 0) is 57.7 Å². The Morgan fingerprint density at radius 1 is 1.30 bits per heavy atom. The van der Waals surface area contributed by atoms with Crippen LogP contribution in [0.4, 0.5) is 5.88 Å². The summed E-state index contributed by atoms with van der Waals surface area (Å²) in [6.45, 7) is 7.43. The Bertz CT molecular complexity index is 667. The number of hydrogen-bond donors (Lipinski definition) is 2. The van der Waals surface area contributed by atoms with Crippen molar-refractivity contribution in [2.24, 2.45) is 0 Å². The highest BCUT2D eigenvalue weighted by molar-refractivity contribution is 6.03. The molecule has 1 aromatic carbocycles. The molecule has 2 N–H and O–H groups in total. The van der Waals surface area contributed by atoms with Gasteiger partial charge in [0.2, 0.25) is 5.88 Å². The number of carbonyl (C=O) groups excluding carboxylic acids is 1. The van der Waals surface area contributed by atoms with Crippen molar-refractivity contribution < 1.29 is 14.4 Å². The Morgan fingerprint density at radius 3 is 2.52 bits per heavy atom. The highest BCUT2D eigenvalue weighted by atomic mass is 16.5. The van der Waals surface area contributed by atoms with Crippen molar-refractivity contribution in [1.29, 1.82) is 0 Å². The first kappa shape index (κ1) is 17.2. The highest BCUT2D eigenvalue weighted by Gasteiger charge is 2.16. The minimum atomic E-state index is -0.684. The lowest BCUT2D eigenvalue weighted by molar-refractivity contribution is 0.0714. The van der Waals surface area contributed by atoms with E-state index < -0.39 is 5.60 Å². The highest BCUT2D eigenvalue weighted by Crippen LogP contribution is 2.20. The Kier molecular flexibility index (Phi) is 5.21. The van der Waals surface area contributed by atoms with Gasteiger partial charge in [-0.15, -0.1) is 0 Å². The van der Waals surface area contributed by atoms with Crippen LogP contribution >= 0.6 is 0 Å². The fraction of sp³-hybridized carbons (Fsp3) is 0.444. The Morgan fingerprint density at radius 2 is 1.96 bits per heavy atom. The van der Waals surface area contributed by atoms with Crippen LogP contribution in [-0.2, 0) is 12.8 Å². The van der Waals surface area contributed by atoms with E-state index in [-0.39, 0.29) is 5.91 Å². The van der Waals surface area contributed by atoms with Gasteiger partial charge in [-0.25, -0.2) is 0 Å². The molecule has 0 radical (unpaired) electrons. The second-order valence-electron chi connectivity index (χ2n) is 6.39. The molecule has 1 aromatic heterocycles. The van der Waals surface area contributed by atoms with E-state index >= 15 is 0 Å². The Labute approximate surface area is 136 Å². The summed E-state index contributed by atoms with van der Waals surface area (Å²) in [4.78, 5) is 12.3. The van der Waals surface area contributed by atoms with Crippen LogP contribution in [0.3, 0.4) is 0 Å². The molecule has 0 aliphatic carbocycles. The first-order valence-corrected chi connectivity index (χ1v) is 7.88. The molecule has 0 bridgehead atoms. The van der Waals surface area contributed by atoms with Gasteiger partial charge in [0.15, 0.2) is 0 Å². The van der Waals surface area contributed by atoms with E-state index in [0.717, 1.165) is 29.7 Å². The van der Waals surface area contributed by atoms with Crippen molar-refractivity contribution in [1.82, 2.24) is 5.16 Å². The van der Waals surface area contributed by atoms with Crippen LogP contribution < -0.4 is 5.32 Å². The number of benzene rings is 1. The van der Waals surface area contributed by atoms with Crippen LogP contribution in [0.25, 0.3) is 0 Å². The zero-order valence-electron chi connectivity index (χ0n) is 14.1. The van der Waals surface area contributed by atoms with Gasteiger partial charge in [0, 0.05) is 11.1 Å². The minimum Gasteiger partial charge on any atom is -0.390 e. The van der Waals surface area contributed by atoms with E-state index in [1.807, 2.05) is 26.0 Å². The first-order chi connectivity index (χ1) is 10.8. The Balaban J connectivity index is 2.02. The standard InChI is InChI=1S/C18H24N2O3/c1-5-15-12(2)20-23-17(15)19-16(21)14-8-6-13(7-9-14)10-11-18(3,4)22/h6-9,22H,5,10-11H2,1-4H3,(H,19,21). The molecule has 23 heavy (non-hydrogen) atoms. The average Bonchev–Trinajstić information content (AvgIpc) is 2.84. The van der Waals surface area contributed by atoms with E-state index in [1.165, 1.54) is 0 Å². The summed E-state index contributed by atoms with van der Waals surface area (Å²) in [5.74, 6) is 0.200. The largest absolute Gasteiger partial charge is 0.390 e. The lowest BCUT2D eigenvalue weighted by Crippen LogP contribution is -2.19. The van der Waals surface area contributed by atoms with E-state index in [9.17, 15) is 9.90 Å². The number of anilines is 1. The first-order valence-electron chi connectivity index (χ1n) is 7.88. The lowest BCUT2D eigenvalue weighted by Gasteiger charge is -2.16. The molecule has 0 unspecified atom stereocenters. The summed E-state index contributed by atoms with van der Waals surface area (Å²) >= 11 is 0. The second kappa shape index (κ2) is 6.96. The number of aliphatic hydroxyl groups is 1. The van der Waals surface area contributed by atoms with Crippen LogP contribution in [0.5, 0.6) is 0 Å². The molecule has 1 amide bonds. The molecule has 0 aliphatic heterocycles. The number of hydrogen-bond acceptors (Lipinski definition) is 4. The zero-order chi connectivity index (χ0) is 17.0. The SMILES string of the molecule is CCc1c(C)noc1NC(=O)c1ccc(CCC(C)(C)O)cc1. The summed E-state index contributed by atoms with van der Waals surface area (Å²) in [6, 6.07) is 7.38. The summed E-state index contributed by atoms with van der Waals surface area (Å²) in [7, 11) is 0. The summed E-state index contributed by atoms with van der Waals surface area (Å²) in [6.07, 6.45) is 2.20. The minimum absolute atomic E-state index is 0.218. The predicted octanol–water partition coefficient (Wildman–Crippen LogP) is 3.50. The number of rotatable bonds is 6. The maximum atomic E-state index is 12.3. The maximum absolute atomic E-state index is 12.3. The van der Waals surface area contributed by atoms with Gasteiger partial charge in [-0.3, -0.25) is 10.1 Å². The van der Waals surface area contributed by atoms with Crippen LogP contribution in [0.2, 0.25) is 0 Å². The van der Waals surface area contributed by atoms with Crippen molar-refractivity contribution in [3.05, 3.63) is 46.6 Å². The molecule has 0 aliphatic rings. The predicted molar refractivity (Wildman–Crippen MR) is 89.6 cm³/mol. The summed E-state index contributed by atoms with van der Waals surface area (Å²) < 4.78 is 5.17. The molecular formula is C18H24N2O3. The maximum Gasteiger partial charge on any atom is 0.258 e. The van der Waals surface area contributed by atoms with Gasteiger partial charge in [0.05, 0.1) is 11.3 Å². The smallest absolute Gasteiger partial charge is 0.258 e. The second-order valence-corrected chi connectivity index (χ2v) is 6.39. The van der Waals surface area contributed by atoms with Crippen molar-refractivity contribution >= 4 is 11.8 Å². The number of amides is 1. The fourth-order valence-electron chi connectivity index (χ4n) is 2.35. The monoisotopic (exact) mass is 316 g/mol. The third-order valence-corrected chi connectivity index (χ3v) is 3.81. The lowest BCUT2D eigenvalue weighted by atomic mass is 9.98. The normalized spacial score (nSPS) is 11.5. The fourth-order valence-corrected chi connectivity index (χ4v) is 2.35. The molecule has 0 spiro atoms. The molecule has 2 rings (SSSR count). The topological polar surface area (TPSA) is 75.4 Å². The van der Waals surface area contributed by atoms with Gasteiger partial charge in [-0.2, -0.15) is 0 Å². The molecule has 0 fully saturated rings. The molecule has 5 heteroatoms. The molecule has 2 aromatic rings. The molecule has 5 nitrogen and oxygen atoms in total. The van der Waals surface area contributed by atoms with Crippen LogP contribution in [0.1, 0.15) is 54.4 Å². The molecule has 0 saturated carbocycles. The van der Waals surface area contributed by atoms with E-state index in [2.05, 4.69) is 10.5 Å². The van der Waals surface area contributed by atoms with Crippen LogP contribution in [0.15, 0.2) is 28.8 Å². The van der Waals surface area contributed by atoms with E-state index in [4.69, 9.17) is 4.52 Å². The van der Waals surface area contributed by atoms with E-state index in [1.54, 1.807) is 26.0 Å². The molecule has 1 heterocycles. The van der Waals surface area contributed by atoms with Gasteiger partial charge in [0.25, 0.3) is 5.91 Å². The molecule has 124 valence electrons. The molecule has 0 atom stereocenters. The van der Waals surface area contributed by atoms with Crippen molar-refractivity contribution in [2.45, 2.75) is 52.6 Å². The molecule has 0 saturated heterocycles. The summed E-state index contributed by atoms with van der Waals surface area (Å²) in [5.41, 5.74) is 2.68. The average molecular weight is 316 g/mol. The van der Waals surface area contributed by atoms with Gasteiger partial charge >= 0.3 is 0 Å². The Hall–Kier alpha value is -2.14. The quantitative estimate of drug-likeness (QED) is 0.855. The van der Waals surface area contributed by atoms with Gasteiger partial charge in [0.1, 0.15) is 0 Å². The van der Waals surface area contributed by atoms with Crippen molar-refractivity contribution in [2.75, 3.05) is 5.32 Å². The number of nitrogens with one attached hydrogen (secondary N) is 1. The van der Waals surface area contributed by atoms with Crippen molar-refractivity contribution in [3.63, 3.8) is 0 Å².